The third-order valence-electron chi connectivity index (χ3n) is 4.35. The molecule has 1 amide bonds. The molecule has 1 N–H and O–H groups in total. The van der Waals surface area contributed by atoms with Crippen LogP contribution in [0.25, 0.3) is 0 Å². The topological polar surface area (TPSA) is 122 Å². The van der Waals surface area contributed by atoms with E-state index >= 15 is 0 Å². The molecule has 0 unspecified atom stereocenters. The van der Waals surface area contributed by atoms with E-state index in [0.29, 0.717) is 23.0 Å². The predicted molar refractivity (Wildman–Crippen MR) is 108 cm³/mol. The number of non-ortho nitro benzene ring substituents is 1. The van der Waals surface area contributed by atoms with Crippen molar-refractivity contribution in [1.82, 2.24) is 0 Å². The van der Waals surface area contributed by atoms with Crippen LogP contribution in [0.2, 0.25) is 0 Å². The minimum atomic E-state index is -2.76. The van der Waals surface area contributed by atoms with Crippen molar-refractivity contribution in [3.8, 4) is 23.0 Å². The van der Waals surface area contributed by atoms with Gasteiger partial charge < -0.3 is 28.7 Å². The first-order chi connectivity index (χ1) is 15.9. The maximum atomic E-state index is 12.5. The highest BCUT2D eigenvalue weighted by molar-refractivity contribution is 6.02. The van der Waals surface area contributed by atoms with Gasteiger partial charge in [0.1, 0.15) is 30.5 Å². The molecule has 0 spiro atoms. The summed E-state index contributed by atoms with van der Waals surface area (Å²) in [6.07, 6.45) is -2.76. The molecule has 2 aromatic carbocycles. The monoisotopic (exact) mass is 462 g/mol. The second kappa shape index (κ2) is 9.42. The van der Waals surface area contributed by atoms with E-state index in [1.807, 2.05) is 0 Å². The van der Waals surface area contributed by atoms with Gasteiger partial charge in [-0.05, 0) is 24.3 Å². The number of hydrogen-bond acceptors (Lipinski definition) is 8. The van der Waals surface area contributed by atoms with Crippen molar-refractivity contribution in [3.05, 3.63) is 70.2 Å². The number of anilines is 1. The number of carbonyl (C=O) groups excluding carboxylic acids is 1. The zero-order valence-electron chi connectivity index (χ0n) is 16.8. The normalized spacial score (nSPS) is 12.0. The number of furan rings is 1. The molecular weight excluding hydrogens is 446 g/mol. The molecule has 0 aliphatic carbocycles. The van der Waals surface area contributed by atoms with Crippen LogP contribution in [-0.2, 0) is 6.61 Å². The van der Waals surface area contributed by atoms with Gasteiger partial charge in [-0.1, -0.05) is 0 Å². The Morgan fingerprint density at radius 2 is 1.88 bits per heavy atom. The number of carbonyl (C=O) groups is 1. The number of rotatable bonds is 9. The summed E-state index contributed by atoms with van der Waals surface area (Å²) in [6, 6.07) is 11.2. The Bertz CT molecular complexity index is 1180. The van der Waals surface area contributed by atoms with Gasteiger partial charge in [0.05, 0.1) is 16.7 Å². The Morgan fingerprint density at radius 1 is 1.06 bits per heavy atom. The van der Waals surface area contributed by atoms with Crippen LogP contribution in [0, 0.1) is 10.1 Å². The molecule has 172 valence electrons. The maximum absolute atomic E-state index is 12.5. The number of ether oxygens (including phenoxy) is 4. The molecule has 0 bridgehead atoms. The summed E-state index contributed by atoms with van der Waals surface area (Å²) in [6.45, 7) is -0.783. The van der Waals surface area contributed by atoms with Crippen molar-refractivity contribution >= 4 is 17.3 Å². The van der Waals surface area contributed by atoms with Crippen LogP contribution in [-0.4, -0.2) is 30.7 Å². The first-order valence-corrected chi connectivity index (χ1v) is 9.50. The molecule has 0 atom stereocenters. The number of nitro groups is 1. The molecule has 3 aromatic rings. The van der Waals surface area contributed by atoms with E-state index in [9.17, 15) is 23.7 Å². The molecular formula is C21H16F2N2O8. The molecule has 1 aliphatic rings. The second-order valence-electron chi connectivity index (χ2n) is 6.70. The molecule has 2 heterocycles. The highest BCUT2D eigenvalue weighted by Gasteiger charge is 2.17. The minimum Gasteiger partial charge on any atom is -0.487 e. The molecule has 4 rings (SSSR count). The van der Waals surface area contributed by atoms with Crippen LogP contribution in [0.4, 0.5) is 20.2 Å². The minimum absolute atomic E-state index is 0.0203. The fraction of sp³-hybridized carbons (Fsp3) is 0.190. The van der Waals surface area contributed by atoms with Crippen molar-refractivity contribution < 1.29 is 41.9 Å². The third kappa shape index (κ3) is 5.47. The fourth-order valence-corrected chi connectivity index (χ4v) is 2.89. The van der Waals surface area contributed by atoms with Crippen molar-refractivity contribution in [3.63, 3.8) is 0 Å². The van der Waals surface area contributed by atoms with E-state index in [-0.39, 0.29) is 30.6 Å². The first-order valence-electron chi connectivity index (χ1n) is 9.50. The van der Waals surface area contributed by atoms with Crippen LogP contribution < -0.4 is 24.3 Å². The smallest absolute Gasteiger partial charge is 0.291 e. The van der Waals surface area contributed by atoms with Gasteiger partial charge in [0, 0.05) is 18.2 Å². The SMILES string of the molecule is O=C(Nc1cc(OCC(F)F)cc([N+](=O)[O-])c1)c1ccc(COc2ccc3c(c2)OCO3)o1. The number of halogens is 2. The Morgan fingerprint density at radius 3 is 2.67 bits per heavy atom. The summed E-state index contributed by atoms with van der Waals surface area (Å²) in [7, 11) is 0. The van der Waals surface area contributed by atoms with Gasteiger partial charge in [0.15, 0.2) is 17.3 Å². The number of hydrogen-bond donors (Lipinski definition) is 1. The van der Waals surface area contributed by atoms with Gasteiger partial charge in [-0.15, -0.1) is 0 Å². The molecule has 12 heteroatoms. The van der Waals surface area contributed by atoms with E-state index < -0.39 is 29.6 Å². The summed E-state index contributed by atoms with van der Waals surface area (Å²) in [5, 5.41) is 13.5. The Balaban J connectivity index is 1.40. The number of nitrogens with zero attached hydrogens (tertiary/aromatic N) is 1. The standard InChI is InChI=1S/C21H16F2N2O8/c22-20(23)10-30-16-6-12(5-13(7-16)25(27)28)24-21(26)18-4-2-15(33-18)9-29-14-1-3-17-19(8-14)32-11-31-17/h1-8,20H,9-11H2,(H,24,26). The molecule has 10 nitrogen and oxygen atoms in total. The summed E-state index contributed by atoms with van der Waals surface area (Å²) >= 11 is 0. The Kier molecular flexibility index (Phi) is 6.24. The molecule has 0 saturated carbocycles. The van der Waals surface area contributed by atoms with Crippen LogP contribution in [0.1, 0.15) is 16.3 Å². The summed E-state index contributed by atoms with van der Waals surface area (Å²) in [5.41, 5.74) is -0.456. The number of nitrogens with one attached hydrogen (secondary N) is 1. The molecule has 0 fully saturated rings. The largest absolute Gasteiger partial charge is 0.487 e. The lowest BCUT2D eigenvalue weighted by Gasteiger charge is -2.09. The quantitative estimate of drug-likeness (QED) is 0.367. The number of alkyl halides is 2. The highest BCUT2D eigenvalue weighted by Crippen LogP contribution is 2.35. The van der Waals surface area contributed by atoms with Crippen molar-refractivity contribution in [2.24, 2.45) is 0 Å². The third-order valence-corrected chi connectivity index (χ3v) is 4.35. The lowest BCUT2D eigenvalue weighted by atomic mass is 10.2. The maximum Gasteiger partial charge on any atom is 0.291 e. The van der Waals surface area contributed by atoms with E-state index in [1.165, 1.54) is 18.2 Å². The van der Waals surface area contributed by atoms with Crippen molar-refractivity contribution in [2.75, 3.05) is 18.7 Å². The average molecular weight is 462 g/mol. The van der Waals surface area contributed by atoms with Gasteiger partial charge in [-0.25, -0.2) is 8.78 Å². The lowest BCUT2D eigenvalue weighted by Crippen LogP contribution is -2.12. The van der Waals surface area contributed by atoms with Crippen LogP contribution in [0.5, 0.6) is 23.0 Å². The van der Waals surface area contributed by atoms with Crippen LogP contribution in [0.3, 0.4) is 0 Å². The van der Waals surface area contributed by atoms with E-state index in [2.05, 4.69) is 5.32 Å². The molecule has 0 saturated heterocycles. The zero-order chi connectivity index (χ0) is 23.4. The van der Waals surface area contributed by atoms with Gasteiger partial charge in [-0.2, -0.15) is 0 Å². The highest BCUT2D eigenvalue weighted by atomic mass is 19.3. The van der Waals surface area contributed by atoms with E-state index in [1.54, 1.807) is 18.2 Å². The number of amides is 1. The zero-order valence-corrected chi connectivity index (χ0v) is 16.8. The number of nitro benzene ring substituents is 1. The molecule has 33 heavy (non-hydrogen) atoms. The van der Waals surface area contributed by atoms with Gasteiger partial charge in [0.25, 0.3) is 18.0 Å². The van der Waals surface area contributed by atoms with E-state index in [4.69, 9.17) is 23.4 Å². The van der Waals surface area contributed by atoms with Crippen LogP contribution >= 0.6 is 0 Å². The Labute approximate surface area is 184 Å². The van der Waals surface area contributed by atoms with Crippen molar-refractivity contribution in [1.29, 1.82) is 0 Å². The average Bonchev–Trinajstić information content (AvgIpc) is 3.45. The van der Waals surface area contributed by atoms with Gasteiger partial charge in [0.2, 0.25) is 6.79 Å². The van der Waals surface area contributed by atoms with Gasteiger partial charge >= 0.3 is 0 Å². The molecule has 1 aromatic heterocycles. The van der Waals surface area contributed by atoms with E-state index in [0.717, 1.165) is 12.1 Å². The van der Waals surface area contributed by atoms with Crippen molar-refractivity contribution in [2.45, 2.75) is 13.0 Å². The lowest BCUT2D eigenvalue weighted by molar-refractivity contribution is -0.384. The summed E-state index contributed by atoms with van der Waals surface area (Å²) in [4.78, 5) is 22.8. The van der Waals surface area contributed by atoms with Crippen LogP contribution in [0.15, 0.2) is 52.9 Å². The molecule has 1 aliphatic heterocycles. The summed E-state index contributed by atoms with van der Waals surface area (Å²) < 4.78 is 51.2. The predicted octanol–water partition coefficient (Wildman–Crippen LogP) is 4.39. The number of benzene rings is 2. The summed E-state index contributed by atoms with van der Waals surface area (Å²) in [5.74, 6) is 1.05. The fourth-order valence-electron chi connectivity index (χ4n) is 2.89. The second-order valence-corrected chi connectivity index (χ2v) is 6.70. The molecule has 0 radical (unpaired) electrons. The van der Waals surface area contributed by atoms with Gasteiger partial charge in [-0.3, -0.25) is 14.9 Å². The number of fused-ring (bicyclic) bond motifs is 1. The first kappa shape index (κ1) is 21.9. The Hall–Kier alpha value is -4.35.